The van der Waals surface area contributed by atoms with Gasteiger partial charge in [-0.2, -0.15) is 0 Å². The molecule has 42 heavy (non-hydrogen) atoms. The number of carbonyl (C=O) groups excluding carboxylic acids is 1. The van der Waals surface area contributed by atoms with Gasteiger partial charge < -0.3 is 9.47 Å². The monoisotopic (exact) mass is 576 g/mol. The number of ether oxygens (including phenoxy) is 2. The lowest BCUT2D eigenvalue weighted by atomic mass is 9.98. The fourth-order valence-corrected chi connectivity index (χ4v) is 4.97. The van der Waals surface area contributed by atoms with Crippen molar-refractivity contribution in [3.63, 3.8) is 0 Å². The second-order valence-corrected chi connectivity index (χ2v) is 11.0. The Morgan fingerprint density at radius 3 is 2.07 bits per heavy atom. The highest BCUT2D eigenvalue weighted by molar-refractivity contribution is 5.90. The van der Waals surface area contributed by atoms with Gasteiger partial charge in [0.25, 0.3) is 0 Å². The number of rotatable bonds is 19. The summed E-state index contributed by atoms with van der Waals surface area (Å²) in [6.07, 6.45) is 15.0. The van der Waals surface area contributed by atoms with Crippen molar-refractivity contribution in [2.24, 2.45) is 0 Å². The van der Waals surface area contributed by atoms with E-state index in [1.165, 1.54) is 43.9 Å². The second kappa shape index (κ2) is 18.1. The second-order valence-electron chi connectivity index (χ2n) is 11.0. The molecule has 0 aliphatic carbocycles. The number of benzene rings is 3. The molecule has 0 heterocycles. The summed E-state index contributed by atoms with van der Waals surface area (Å²) in [5.74, 6) is -0.998. The summed E-state index contributed by atoms with van der Waals surface area (Å²) >= 11 is 0. The van der Waals surface area contributed by atoms with E-state index in [2.05, 4.69) is 13.5 Å². The normalized spacial score (nSPS) is 11.7. The van der Waals surface area contributed by atoms with Crippen LogP contribution < -0.4 is 4.74 Å². The molecular formula is C37H46F2O3. The van der Waals surface area contributed by atoms with Crippen LogP contribution in [-0.4, -0.2) is 18.7 Å². The summed E-state index contributed by atoms with van der Waals surface area (Å²) in [4.78, 5) is 12.5. The van der Waals surface area contributed by atoms with Gasteiger partial charge >= 0.3 is 5.97 Å². The third-order valence-electron chi connectivity index (χ3n) is 7.50. The Labute approximate surface area is 251 Å². The number of carbonyl (C=O) groups is 1. The summed E-state index contributed by atoms with van der Waals surface area (Å²) in [6, 6.07) is 16.5. The van der Waals surface area contributed by atoms with E-state index < -0.39 is 17.6 Å². The SMILES string of the molecule is C=CCCCCCCCCOc1ccc(-c2ccc(-c3ccc(C(=O)O[C@@H](C)CCCCCC)c(F)c3)cc2F)cc1. The Morgan fingerprint density at radius 2 is 1.40 bits per heavy atom. The first-order valence-electron chi connectivity index (χ1n) is 15.6. The molecule has 0 amide bonds. The highest BCUT2D eigenvalue weighted by atomic mass is 19.1. The van der Waals surface area contributed by atoms with E-state index in [0.29, 0.717) is 23.3 Å². The van der Waals surface area contributed by atoms with Crippen molar-refractivity contribution < 1.29 is 23.0 Å². The number of esters is 1. The molecule has 0 saturated carbocycles. The van der Waals surface area contributed by atoms with Gasteiger partial charge in [-0.15, -0.1) is 6.58 Å². The van der Waals surface area contributed by atoms with Gasteiger partial charge in [-0.1, -0.05) is 88.3 Å². The zero-order valence-electron chi connectivity index (χ0n) is 25.3. The Balaban J connectivity index is 1.52. The van der Waals surface area contributed by atoms with Crippen LogP contribution >= 0.6 is 0 Å². The Morgan fingerprint density at radius 1 is 0.786 bits per heavy atom. The molecule has 0 aliphatic heterocycles. The van der Waals surface area contributed by atoms with E-state index in [9.17, 15) is 9.18 Å². The minimum Gasteiger partial charge on any atom is -0.494 e. The largest absolute Gasteiger partial charge is 0.494 e. The van der Waals surface area contributed by atoms with Crippen LogP contribution in [-0.2, 0) is 4.74 Å². The van der Waals surface area contributed by atoms with Crippen molar-refractivity contribution >= 4 is 5.97 Å². The molecule has 3 aromatic carbocycles. The van der Waals surface area contributed by atoms with Crippen molar-refractivity contribution in [2.75, 3.05) is 6.61 Å². The van der Waals surface area contributed by atoms with Crippen LogP contribution in [0.4, 0.5) is 8.78 Å². The lowest BCUT2D eigenvalue weighted by Crippen LogP contribution is -2.16. The lowest BCUT2D eigenvalue weighted by Gasteiger charge is -2.14. The van der Waals surface area contributed by atoms with Gasteiger partial charge in [0, 0.05) is 5.56 Å². The van der Waals surface area contributed by atoms with Crippen LogP contribution in [0, 0.1) is 11.6 Å². The van der Waals surface area contributed by atoms with Crippen molar-refractivity contribution in [3.05, 3.63) is 90.5 Å². The molecule has 3 rings (SSSR count). The number of unbranched alkanes of at least 4 members (excludes halogenated alkanes) is 9. The summed E-state index contributed by atoms with van der Waals surface area (Å²) in [5.41, 5.74) is 2.09. The van der Waals surface area contributed by atoms with Crippen LogP contribution in [0.1, 0.15) is 101 Å². The Kier molecular flexibility index (Phi) is 14.3. The molecule has 0 unspecified atom stereocenters. The molecule has 0 radical (unpaired) electrons. The van der Waals surface area contributed by atoms with Gasteiger partial charge in [-0.25, -0.2) is 13.6 Å². The molecule has 0 bridgehead atoms. The highest BCUT2D eigenvalue weighted by Crippen LogP contribution is 2.30. The molecule has 0 N–H and O–H groups in total. The van der Waals surface area contributed by atoms with Crippen LogP contribution in [0.2, 0.25) is 0 Å². The van der Waals surface area contributed by atoms with Crippen LogP contribution in [0.3, 0.4) is 0 Å². The maximum absolute atomic E-state index is 15.1. The van der Waals surface area contributed by atoms with E-state index in [0.717, 1.165) is 62.7 Å². The maximum atomic E-state index is 15.1. The average Bonchev–Trinajstić information content (AvgIpc) is 2.98. The van der Waals surface area contributed by atoms with E-state index in [4.69, 9.17) is 9.47 Å². The molecule has 3 aromatic rings. The predicted octanol–water partition coefficient (Wildman–Crippen LogP) is 11.1. The number of hydrogen-bond donors (Lipinski definition) is 0. The van der Waals surface area contributed by atoms with E-state index in [-0.39, 0.29) is 11.7 Å². The van der Waals surface area contributed by atoms with Gasteiger partial charge in [-0.3, -0.25) is 0 Å². The molecule has 5 heteroatoms. The van der Waals surface area contributed by atoms with Gasteiger partial charge in [0.2, 0.25) is 0 Å². The zero-order valence-corrected chi connectivity index (χ0v) is 25.3. The predicted molar refractivity (Wildman–Crippen MR) is 169 cm³/mol. The molecule has 0 saturated heterocycles. The van der Waals surface area contributed by atoms with Crippen molar-refractivity contribution in [1.29, 1.82) is 0 Å². The summed E-state index contributed by atoms with van der Waals surface area (Å²) < 4.78 is 41.3. The molecule has 0 spiro atoms. The quantitative estimate of drug-likeness (QED) is 0.0809. The van der Waals surface area contributed by atoms with Crippen LogP contribution in [0.5, 0.6) is 5.75 Å². The zero-order chi connectivity index (χ0) is 30.2. The smallest absolute Gasteiger partial charge is 0.341 e. The summed E-state index contributed by atoms with van der Waals surface area (Å²) in [7, 11) is 0. The minimum atomic E-state index is -0.681. The first-order valence-corrected chi connectivity index (χ1v) is 15.6. The van der Waals surface area contributed by atoms with E-state index >= 15 is 4.39 Å². The third kappa shape index (κ3) is 10.7. The molecule has 0 aromatic heterocycles. The number of halogens is 2. The third-order valence-corrected chi connectivity index (χ3v) is 7.50. The first-order chi connectivity index (χ1) is 20.4. The van der Waals surface area contributed by atoms with Crippen molar-refractivity contribution in [3.8, 4) is 28.0 Å². The van der Waals surface area contributed by atoms with Crippen LogP contribution in [0.25, 0.3) is 22.3 Å². The van der Waals surface area contributed by atoms with Gasteiger partial charge in [0.1, 0.15) is 17.4 Å². The lowest BCUT2D eigenvalue weighted by molar-refractivity contribution is 0.0314. The van der Waals surface area contributed by atoms with Crippen molar-refractivity contribution in [2.45, 2.75) is 97.0 Å². The summed E-state index contributed by atoms with van der Waals surface area (Å²) in [5, 5.41) is 0. The van der Waals surface area contributed by atoms with Crippen molar-refractivity contribution in [1.82, 2.24) is 0 Å². The van der Waals surface area contributed by atoms with E-state index in [1.807, 2.05) is 37.3 Å². The number of allylic oxidation sites excluding steroid dienone is 1. The highest BCUT2D eigenvalue weighted by Gasteiger charge is 2.17. The van der Waals surface area contributed by atoms with Crippen LogP contribution in [0.15, 0.2) is 73.3 Å². The molecule has 226 valence electrons. The molecular weight excluding hydrogens is 530 g/mol. The summed E-state index contributed by atoms with van der Waals surface area (Å²) in [6.45, 7) is 8.40. The topological polar surface area (TPSA) is 35.5 Å². The van der Waals surface area contributed by atoms with Gasteiger partial charge in [-0.05, 0) is 86.1 Å². The number of hydrogen-bond acceptors (Lipinski definition) is 3. The molecule has 0 fully saturated rings. The maximum Gasteiger partial charge on any atom is 0.341 e. The van der Waals surface area contributed by atoms with E-state index in [1.54, 1.807) is 18.2 Å². The Bertz CT molecular complexity index is 1250. The average molecular weight is 577 g/mol. The fraction of sp³-hybridized carbons (Fsp3) is 0.432. The molecule has 0 aliphatic rings. The standard InChI is InChI=1S/C37H46F2O3/c1-4-6-8-10-11-12-13-15-25-41-32-21-17-29(18-22-32)33-23-19-30(26-35(33)38)31-20-24-34(36(39)27-31)37(40)42-28(3)16-14-9-7-5-2/h4,17-24,26-28H,1,5-16,25H2,2-3H3/t28-/m0/s1. The molecule has 1 atom stereocenters. The Hall–Kier alpha value is -3.47. The minimum absolute atomic E-state index is 0.113. The fourth-order valence-electron chi connectivity index (χ4n) is 4.97. The molecule has 3 nitrogen and oxygen atoms in total. The van der Waals surface area contributed by atoms with Gasteiger partial charge in [0.15, 0.2) is 0 Å². The van der Waals surface area contributed by atoms with Gasteiger partial charge in [0.05, 0.1) is 18.3 Å². The first kappa shape index (κ1) is 33.0.